The molecule has 39 heavy (non-hydrogen) atoms. The van der Waals surface area contributed by atoms with Gasteiger partial charge in [-0.3, -0.25) is 14.6 Å². The second-order valence-electron chi connectivity index (χ2n) is 10.3. The van der Waals surface area contributed by atoms with Gasteiger partial charge in [-0.25, -0.2) is 0 Å². The Morgan fingerprint density at radius 3 is 2.62 bits per heavy atom. The van der Waals surface area contributed by atoms with Crippen molar-refractivity contribution in [1.29, 1.82) is 0 Å². The van der Waals surface area contributed by atoms with Crippen LogP contribution in [0.15, 0.2) is 47.6 Å². The lowest BCUT2D eigenvalue weighted by Gasteiger charge is -2.25. The largest absolute Gasteiger partial charge is 0.493 e. The molecule has 8 nitrogen and oxygen atoms in total. The van der Waals surface area contributed by atoms with Crippen molar-refractivity contribution < 1.29 is 23.8 Å². The van der Waals surface area contributed by atoms with Crippen molar-refractivity contribution >= 4 is 23.8 Å². The Labute approximate surface area is 231 Å². The number of fused-ring (bicyclic) bond motifs is 1. The highest BCUT2D eigenvalue weighted by Gasteiger charge is 2.24. The number of carbonyl (C=O) groups excluding carboxylic acids is 2. The molecule has 0 spiro atoms. The predicted octanol–water partition coefficient (Wildman–Crippen LogP) is 5.45. The van der Waals surface area contributed by atoms with Crippen LogP contribution >= 0.6 is 0 Å². The van der Waals surface area contributed by atoms with E-state index in [4.69, 9.17) is 14.2 Å². The first-order valence-electron chi connectivity index (χ1n) is 14.3. The van der Waals surface area contributed by atoms with Gasteiger partial charge in [-0.15, -0.1) is 0 Å². The molecule has 210 valence electrons. The summed E-state index contributed by atoms with van der Waals surface area (Å²) in [6.45, 7) is 6.15. The van der Waals surface area contributed by atoms with Crippen LogP contribution in [-0.2, 0) is 20.7 Å². The normalized spacial score (nSPS) is 16.9. The predicted molar refractivity (Wildman–Crippen MR) is 152 cm³/mol. The fraction of sp³-hybridized carbons (Fsp3) is 0.516. The molecule has 1 unspecified atom stereocenters. The number of amides is 1. The average molecular weight is 536 g/mol. The van der Waals surface area contributed by atoms with Crippen molar-refractivity contribution in [1.82, 2.24) is 5.01 Å². The number of morpholine rings is 1. The summed E-state index contributed by atoms with van der Waals surface area (Å²) in [7, 11) is 0. The molecular formula is C31H41N3O5. The van der Waals surface area contributed by atoms with Gasteiger partial charge in [0.15, 0.2) is 0 Å². The zero-order valence-electron chi connectivity index (χ0n) is 23.0. The van der Waals surface area contributed by atoms with E-state index in [0.717, 1.165) is 42.8 Å². The van der Waals surface area contributed by atoms with Crippen LogP contribution in [-0.4, -0.2) is 62.6 Å². The molecule has 0 radical (unpaired) electrons. The van der Waals surface area contributed by atoms with Gasteiger partial charge >= 0.3 is 5.97 Å². The Morgan fingerprint density at radius 2 is 1.82 bits per heavy atom. The molecule has 2 heterocycles. The third-order valence-electron chi connectivity index (χ3n) is 7.05. The van der Waals surface area contributed by atoms with Crippen LogP contribution < -0.4 is 10.1 Å². The number of ether oxygens (including phenoxy) is 3. The van der Waals surface area contributed by atoms with E-state index in [1.54, 1.807) is 6.07 Å². The summed E-state index contributed by atoms with van der Waals surface area (Å²) < 4.78 is 16.7. The molecule has 8 heteroatoms. The molecule has 0 aliphatic carbocycles. The van der Waals surface area contributed by atoms with E-state index >= 15 is 0 Å². The van der Waals surface area contributed by atoms with Crippen LogP contribution in [0.25, 0.3) is 0 Å². The zero-order chi connectivity index (χ0) is 27.3. The quantitative estimate of drug-likeness (QED) is 0.208. The fourth-order valence-electron chi connectivity index (χ4n) is 4.77. The number of esters is 1. The Kier molecular flexibility index (Phi) is 11.2. The maximum atomic E-state index is 12.9. The Balaban J connectivity index is 1.23. The minimum Gasteiger partial charge on any atom is -0.493 e. The first-order chi connectivity index (χ1) is 19.1. The summed E-state index contributed by atoms with van der Waals surface area (Å²) in [4.78, 5) is 25.3. The monoisotopic (exact) mass is 535 g/mol. The number of hydrogen-bond acceptors (Lipinski definition) is 7. The van der Waals surface area contributed by atoms with Gasteiger partial charge in [-0.1, -0.05) is 51.2 Å². The molecule has 1 amide bonds. The minimum absolute atomic E-state index is 0.0412. The van der Waals surface area contributed by atoms with Crippen molar-refractivity contribution in [2.75, 3.05) is 44.8 Å². The topological polar surface area (TPSA) is 89.5 Å². The number of unbranched alkanes of at least 4 members (excludes halogenated alkanes) is 5. The van der Waals surface area contributed by atoms with Crippen molar-refractivity contribution in [3.63, 3.8) is 0 Å². The van der Waals surface area contributed by atoms with E-state index in [1.807, 2.05) is 47.6 Å². The second-order valence-corrected chi connectivity index (χ2v) is 10.3. The van der Waals surface area contributed by atoms with Gasteiger partial charge in [0.25, 0.3) is 5.91 Å². The maximum absolute atomic E-state index is 12.9. The SMILES string of the molecule is CCCCCCCCOC(=O)CC1COc2ccc(C(=O)Nc3ccc(C=NN4CCOCC4)cc3)cc2C1. The first-order valence-corrected chi connectivity index (χ1v) is 14.3. The third kappa shape index (κ3) is 9.39. The van der Waals surface area contributed by atoms with Gasteiger partial charge in [0, 0.05) is 17.2 Å². The van der Waals surface area contributed by atoms with Crippen LogP contribution in [0.4, 0.5) is 5.69 Å². The van der Waals surface area contributed by atoms with E-state index in [9.17, 15) is 9.59 Å². The molecule has 2 aromatic rings. The molecule has 2 aliphatic heterocycles. The highest BCUT2D eigenvalue weighted by Crippen LogP contribution is 2.30. The number of carbonyl (C=O) groups is 2. The molecule has 1 N–H and O–H groups in total. The molecule has 0 bridgehead atoms. The number of hydrogen-bond donors (Lipinski definition) is 1. The first kappa shape index (κ1) is 28.6. The molecule has 2 aliphatic rings. The number of anilines is 1. The van der Waals surface area contributed by atoms with E-state index < -0.39 is 0 Å². The number of nitrogens with one attached hydrogen (secondary N) is 1. The summed E-state index contributed by atoms with van der Waals surface area (Å²) in [5, 5.41) is 9.44. The maximum Gasteiger partial charge on any atom is 0.306 e. The minimum atomic E-state index is -0.187. The average Bonchev–Trinajstić information content (AvgIpc) is 2.96. The second kappa shape index (κ2) is 15.3. The van der Waals surface area contributed by atoms with Crippen LogP contribution in [0.1, 0.15) is 73.4 Å². The molecule has 1 fully saturated rings. The van der Waals surface area contributed by atoms with Crippen LogP contribution in [0.5, 0.6) is 5.75 Å². The standard InChI is InChI=1S/C31H41N3O5/c1-2-3-4-5-6-7-16-38-30(35)20-25-19-27-21-26(10-13-29(27)39-23-25)31(36)33-28-11-8-24(9-12-28)22-32-34-14-17-37-18-15-34/h8-13,21-22,25H,2-7,14-20,23H2,1H3,(H,33,36). The smallest absolute Gasteiger partial charge is 0.306 e. The number of rotatable bonds is 13. The summed E-state index contributed by atoms with van der Waals surface area (Å²) >= 11 is 0. The highest BCUT2D eigenvalue weighted by atomic mass is 16.5. The zero-order valence-corrected chi connectivity index (χ0v) is 23.0. The highest BCUT2D eigenvalue weighted by molar-refractivity contribution is 6.04. The summed E-state index contributed by atoms with van der Waals surface area (Å²) in [6, 6.07) is 13.1. The molecule has 0 saturated carbocycles. The molecule has 1 saturated heterocycles. The van der Waals surface area contributed by atoms with Gasteiger partial charge in [-0.2, -0.15) is 5.10 Å². The van der Waals surface area contributed by atoms with Crippen molar-refractivity contribution in [2.45, 2.75) is 58.3 Å². The van der Waals surface area contributed by atoms with Gasteiger partial charge in [0.05, 0.1) is 52.2 Å². The third-order valence-corrected chi connectivity index (χ3v) is 7.05. The fourth-order valence-corrected chi connectivity index (χ4v) is 4.77. The lowest BCUT2D eigenvalue weighted by Crippen LogP contribution is -2.32. The molecule has 4 rings (SSSR count). The molecule has 2 aromatic carbocycles. The Morgan fingerprint density at radius 1 is 1.05 bits per heavy atom. The Bertz CT molecular complexity index is 1100. The molecule has 0 aromatic heterocycles. The Hall–Kier alpha value is -3.39. The van der Waals surface area contributed by atoms with Gasteiger partial charge in [0.1, 0.15) is 5.75 Å². The van der Waals surface area contributed by atoms with E-state index in [0.29, 0.717) is 50.5 Å². The summed E-state index contributed by atoms with van der Waals surface area (Å²) in [5.74, 6) is 0.452. The van der Waals surface area contributed by atoms with E-state index in [1.165, 1.54) is 25.7 Å². The summed E-state index contributed by atoms with van der Waals surface area (Å²) in [5.41, 5.74) is 3.17. The van der Waals surface area contributed by atoms with Gasteiger partial charge in [-0.05, 0) is 54.3 Å². The van der Waals surface area contributed by atoms with Gasteiger partial charge < -0.3 is 19.5 Å². The lowest BCUT2D eigenvalue weighted by molar-refractivity contribution is -0.145. The van der Waals surface area contributed by atoms with Crippen LogP contribution in [0.3, 0.4) is 0 Å². The van der Waals surface area contributed by atoms with Gasteiger partial charge in [0.2, 0.25) is 0 Å². The van der Waals surface area contributed by atoms with Crippen LogP contribution in [0.2, 0.25) is 0 Å². The number of benzene rings is 2. The van der Waals surface area contributed by atoms with E-state index in [2.05, 4.69) is 17.3 Å². The van der Waals surface area contributed by atoms with E-state index in [-0.39, 0.29) is 17.8 Å². The lowest BCUT2D eigenvalue weighted by atomic mass is 9.93. The number of nitrogens with zero attached hydrogens (tertiary/aromatic N) is 2. The van der Waals surface area contributed by atoms with Crippen molar-refractivity contribution in [3.05, 3.63) is 59.2 Å². The molecular weight excluding hydrogens is 494 g/mol. The molecule has 1 atom stereocenters. The van der Waals surface area contributed by atoms with Crippen molar-refractivity contribution in [3.8, 4) is 5.75 Å². The number of hydrazone groups is 1. The van der Waals surface area contributed by atoms with Crippen molar-refractivity contribution in [2.24, 2.45) is 11.0 Å². The summed E-state index contributed by atoms with van der Waals surface area (Å²) in [6.07, 6.45) is 9.80. The van der Waals surface area contributed by atoms with Crippen LogP contribution in [0, 0.1) is 5.92 Å².